The van der Waals surface area contributed by atoms with Gasteiger partial charge in [-0.2, -0.15) is 0 Å². The Labute approximate surface area is 401 Å². The number of ether oxygens (including phenoxy) is 11. The Kier molecular flexibility index (Phi) is 33.3. The molecule has 2 N–H and O–H groups in total. The molecule has 1 fully saturated rings. The molecule has 2 heterocycles. The largest absolute Gasteiger partial charge is 0.463 e. The smallest absolute Gasteiger partial charge is 0.305 e. The van der Waals surface area contributed by atoms with Gasteiger partial charge < -0.3 is 57.4 Å². The number of benzene rings is 1. The number of esters is 1. The van der Waals surface area contributed by atoms with Gasteiger partial charge in [-0.05, 0) is 37.8 Å². The second-order valence-electron chi connectivity index (χ2n) is 15.9. The molecular weight excluding hydrogens is 891 g/mol. The first kappa shape index (κ1) is 58.4. The van der Waals surface area contributed by atoms with Crippen molar-refractivity contribution in [1.29, 1.82) is 0 Å². The molecule has 2 aliphatic heterocycles. The van der Waals surface area contributed by atoms with E-state index in [0.29, 0.717) is 145 Å². The molecule has 5 amide bonds. The molecule has 386 valence electrons. The van der Waals surface area contributed by atoms with Crippen LogP contribution in [-0.2, 0) is 71.3 Å². The highest BCUT2D eigenvalue weighted by atomic mass is 16.6. The fraction of sp³-hybridized carbons (Fsp3) is 0.750. The van der Waals surface area contributed by atoms with Gasteiger partial charge in [0.2, 0.25) is 17.7 Å². The van der Waals surface area contributed by atoms with E-state index in [4.69, 9.17) is 52.1 Å². The monoisotopic (exact) mass is 968 g/mol. The van der Waals surface area contributed by atoms with Crippen LogP contribution in [0.4, 0.5) is 5.69 Å². The van der Waals surface area contributed by atoms with Crippen molar-refractivity contribution in [3.63, 3.8) is 0 Å². The summed E-state index contributed by atoms with van der Waals surface area (Å²) in [6, 6.07) is 3.52. The van der Waals surface area contributed by atoms with Crippen LogP contribution in [0.15, 0.2) is 18.2 Å². The van der Waals surface area contributed by atoms with E-state index in [1.807, 2.05) is 0 Å². The van der Waals surface area contributed by atoms with Crippen LogP contribution in [0.2, 0.25) is 0 Å². The van der Waals surface area contributed by atoms with Crippen LogP contribution in [0.3, 0.4) is 0 Å². The van der Waals surface area contributed by atoms with Crippen LogP contribution < -0.4 is 10.6 Å². The van der Waals surface area contributed by atoms with Gasteiger partial charge >= 0.3 is 5.97 Å². The summed E-state index contributed by atoms with van der Waals surface area (Å²) in [5, 5.41) is 4.91. The second-order valence-corrected chi connectivity index (χ2v) is 15.9. The van der Waals surface area contributed by atoms with Crippen molar-refractivity contribution in [2.24, 2.45) is 0 Å². The van der Waals surface area contributed by atoms with Gasteiger partial charge in [-0.15, -0.1) is 0 Å². The molecule has 3 rings (SSSR count). The number of hydrogen-bond donors (Lipinski definition) is 2. The van der Waals surface area contributed by atoms with E-state index in [-0.39, 0.29) is 54.6 Å². The zero-order valence-corrected chi connectivity index (χ0v) is 40.2. The summed E-state index contributed by atoms with van der Waals surface area (Å²) in [5.74, 6) is -2.89. The van der Waals surface area contributed by atoms with Crippen molar-refractivity contribution < 1.29 is 80.9 Å². The van der Waals surface area contributed by atoms with Crippen molar-refractivity contribution in [1.82, 2.24) is 10.2 Å². The third-order valence-electron chi connectivity index (χ3n) is 10.5. The number of nitrogens with one attached hydrogen (secondary N) is 2. The lowest BCUT2D eigenvalue weighted by Gasteiger charge is -2.27. The van der Waals surface area contributed by atoms with E-state index in [9.17, 15) is 28.8 Å². The van der Waals surface area contributed by atoms with Crippen LogP contribution in [0, 0.1) is 0 Å². The fourth-order valence-corrected chi connectivity index (χ4v) is 6.92. The SMILES string of the molecule is CCCCCCCCC(=O)OCCOCCOCCOCCOCCOCCOCCOCCOCCOCCOCCCCCC(=O)Nc1cccc2c1C(=O)N(C1CCC(=O)NC1=O)C2=O. The topological polar surface area (TPSA) is 231 Å². The molecule has 1 unspecified atom stereocenters. The first-order valence-electron chi connectivity index (χ1n) is 24.4. The maximum atomic E-state index is 13.2. The quantitative estimate of drug-likeness (QED) is 0.0534. The van der Waals surface area contributed by atoms with E-state index >= 15 is 0 Å². The number of carbonyl (C=O) groups is 6. The highest BCUT2D eigenvalue weighted by Gasteiger charge is 2.45. The van der Waals surface area contributed by atoms with Gasteiger partial charge in [0.1, 0.15) is 12.6 Å². The van der Waals surface area contributed by atoms with Gasteiger partial charge in [0.15, 0.2) is 0 Å². The lowest BCUT2D eigenvalue weighted by atomic mass is 10.0. The number of amides is 5. The van der Waals surface area contributed by atoms with Gasteiger partial charge in [-0.3, -0.25) is 39.0 Å². The Balaban J connectivity index is 0.964. The molecule has 1 aromatic carbocycles. The predicted octanol–water partition coefficient (Wildman–Crippen LogP) is 4.05. The van der Waals surface area contributed by atoms with Crippen molar-refractivity contribution in [2.45, 2.75) is 96.4 Å². The predicted molar refractivity (Wildman–Crippen MR) is 247 cm³/mol. The van der Waals surface area contributed by atoms with E-state index in [2.05, 4.69) is 17.6 Å². The summed E-state index contributed by atoms with van der Waals surface area (Å²) in [6.45, 7) is 11.6. The van der Waals surface area contributed by atoms with Gasteiger partial charge in [-0.1, -0.05) is 51.5 Å². The van der Waals surface area contributed by atoms with E-state index < -0.39 is 29.7 Å². The zero-order valence-electron chi connectivity index (χ0n) is 40.2. The number of nitrogens with zero attached hydrogens (tertiary/aromatic N) is 1. The molecule has 0 saturated carbocycles. The number of piperidine rings is 1. The molecule has 0 aromatic heterocycles. The molecule has 1 aromatic rings. The molecule has 2 aliphatic rings. The Bertz CT molecular complexity index is 1580. The van der Waals surface area contributed by atoms with E-state index in [1.165, 1.54) is 31.7 Å². The van der Waals surface area contributed by atoms with Crippen LogP contribution in [0.1, 0.15) is 111 Å². The van der Waals surface area contributed by atoms with Crippen LogP contribution in [-0.4, -0.2) is 185 Å². The minimum absolute atomic E-state index is 0.0253. The van der Waals surface area contributed by atoms with Crippen molar-refractivity contribution in [2.75, 3.05) is 144 Å². The number of imide groups is 2. The Morgan fingerprint density at radius 3 is 1.49 bits per heavy atom. The first-order valence-corrected chi connectivity index (χ1v) is 24.4. The average Bonchev–Trinajstić information content (AvgIpc) is 3.58. The molecule has 20 heteroatoms. The van der Waals surface area contributed by atoms with Crippen LogP contribution in [0.5, 0.6) is 0 Å². The van der Waals surface area contributed by atoms with Crippen molar-refractivity contribution in [3.05, 3.63) is 29.3 Å². The number of unbranched alkanes of at least 4 members (excludes halogenated alkanes) is 7. The first-order chi connectivity index (χ1) is 33.3. The normalized spacial score (nSPS) is 14.7. The molecule has 0 bridgehead atoms. The third-order valence-corrected chi connectivity index (χ3v) is 10.5. The highest BCUT2D eigenvalue weighted by Crippen LogP contribution is 2.32. The maximum Gasteiger partial charge on any atom is 0.305 e. The number of anilines is 1. The standard InChI is InChI=1S/C48H77N3O17/c1-2-3-4-5-6-9-15-44(54)68-38-37-67-36-35-66-34-33-65-32-31-64-30-29-63-28-27-62-26-25-61-24-23-60-22-21-59-20-19-58-18-10-7-8-14-42(52)49-40-13-11-12-39-45(40)48(57)51(47(39)56)41-16-17-43(53)50-46(41)55/h11-13,41H,2-10,14-38H2,1H3,(H,49,52)(H,50,53,55). The fourth-order valence-electron chi connectivity index (χ4n) is 6.92. The van der Waals surface area contributed by atoms with Crippen LogP contribution in [0.25, 0.3) is 0 Å². The third kappa shape index (κ3) is 26.1. The molecule has 1 saturated heterocycles. The molecule has 0 aliphatic carbocycles. The molecule has 20 nitrogen and oxygen atoms in total. The second kappa shape index (κ2) is 38.8. The lowest BCUT2D eigenvalue weighted by molar-refractivity contribution is -0.145. The van der Waals surface area contributed by atoms with Gasteiger partial charge in [0.05, 0.1) is 142 Å². The Morgan fingerprint density at radius 2 is 0.985 bits per heavy atom. The van der Waals surface area contributed by atoms with E-state index in [0.717, 1.165) is 30.6 Å². The number of fused-ring (bicyclic) bond motifs is 1. The summed E-state index contributed by atoms with van der Waals surface area (Å²) in [6.07, 6.45) is 9.76. The molecular formula is C48H77N3O17. The van der Waals surface area contributed by atoms with Crippen LogP contribution >= 0.6 is 0 Å². The summed E-state index contributed by atoms with van der Waals surface area (Å²) in [5.41, 5.74) is 0.374. The summed E-state index contributed by atoms with van der Waals surface area (Å²) < 4.78 is 60.2. The zero-order chi connectivity index (χ0) is 48.7. The van der Waals surface area contributed by atoms with Gasteiger partial charge in [0.25, 0.3) is 11.8 Å². The summed E-state index contributed by atoms with van der Waals surface area (Å²) >= 11 is 0. The number of hydrogen-bond acceptors (Lipinski definition) is 17. The molecule has 0 spiro atoms. The van der Waals surface area contributed by atoms with Crippen molar-refractivity contribution in [3.8, 4) is 0 Å². The number of rotatable bonds is 45. The Morgan fingerprint density at radius 1 is 0.544 bits per heavy atom. The number of carbonyl (C=O) groups excluding carboxylic acids is 6. The maximum absolute atomic E-state index is 13.2. The highest BCUT2D eigenvalue weighted by molar-refractivity contribution is 6.26. The van der Waals surface area contributed by atoms with Gasteiger partial charge in [0, 0.05) is 25.9 Å². The van der Waals surface area contributed by atoms with Gasteiger partial charge in [-0.25, -0.2) is 0 Å². The van der Waals surface area contributed by atoms with Crippen molar-refractivity contribution >= 4 is 41.2 Å². The molecule has 0 radical (unpaired) electrons. The molecule has 68 heavy (non-hydrogen) atoms. The summed E-state index contributed by atoms with van der Waals surface area (Å²) in [4.78, 5) is 75.3. The minimum atomic E-state index is -1.08. The average molecular weight is 968 g/mol. The Hall–Kier alpha value is -3.96. The minimum Gasteiger partial charge on any atom is -0.463 e. The summed E-state index contributed by atoms with van der Waals surface area (Å²) in [7, 11) is 0. The lowest BCUT2D eigenvalue weighted by Crippen LogP contribution is -2.54. The van der Waals surface area contributed by atoms with E-state index in [1.54, 1.807) is 12.1 Å². The molecule has 1 atom stereocenters.